The smallest absolute Gasteiger partial charge is 0.457 e. The lowest BCUT2D eigenvalue weighted by Gasteiger charge is -2.22. The highest BCUT2D eigenvalue weighted by atomic mass is 16.5. The van der Waals surface area contributed by atoms with Crippen molar-refractivity contribution in [2.75, 3.05) is 20.1 Å². The summed E-state index contributed by atoms with van der Waals surface area (Å²) >= 11 is 0. The molecule has 0 radical (unpaired) electrons. The van der Waals surface area contributed by atoms with Crippen molar-refractivity contribution in [3.8, 4) is 11.5 Å². The Balaban J connectivity index is 1.98. The number of guanidine groups is 1. The van der Waals surface area contributed by atoms with Gasteiger partial charge in [0.2, 0.25) is 5.91 Å². The summed E-state index contributed by atoms with van der Waals surface area (Å²) in [5.74, 6) is -1.00. The average molecular weight is 441 g/mol. The van der Waals surface area contributed by atoms with Crippen LogP contribution in [0.15, 0.2) is 59.6 Å². The Kier molecular flexibility index (Phi) is 9.52. The fraction of sp³-hybridized carbons (Fsp3) is 0.286. The van der Waals surface area contributed by atoms with Crippen LogP contribution in [0, 0.1) is 0 Å². The SMILES string of the molecule is CN(CC(=O)NC(CCCN=C(N)N)B(O)O)C(=O)c1ccccc1Oc1ccccc1. The van der Waals surface area contributed by atoms with E-state index in [2.05, 4.69) is 10.3 Å². The maximum atomic E-state index is 12.9. The number of nitrogens with zero attached hydrogens (tertiary/aromatic N) is 2. The van der Waals surface area contributed by atoms with Crippen LogP contribution in [0.2, 0.25) is 0 Å². The molecule has 170 valence electrons. The fourth-order valence-electron chi connectivity index (χ4n) is 2.91. The van der Waals surface area contributed by atoms with Crippen LogP contribution in [0.25, 0.3) is 0 Å². The largest absolute Gasteiger partial charge is 0.475 e. The number of rotatable bonds is 11. The van der Waals surface area contributed by atoms with Crippen LogP contribution in [0.4, 0.5) is 0 Å². The molecule has 2 aromatic rings. The number of benzene rings is 2. The first kappa shape index (κ1) is 24.7. The number of nitrogens with two attached hydrogens (primary N) is 2. The van der Waals surface area contributed by atoms with Crippen molar-refractivity contribution in [3.63, 3.8) is 0 Å². The predicted octanol–water partition coefficient (Wildman–Crippen LogP) is 0.101. The van der Waals surface area contributed by atoms with E-state index in [1.54, 1.807) is 36.4 Å². The Bertz CT molecular complexity index is 922. The molecule has 0 aromatic heterocycles. The van der Waals surface area contributed by atoms with Gasteiger partial charge in [0.15, 0.2) is 5.96 Å². The van der Waals surface area contributed by atoms with E-state index in [0.717, 1.165) is 0 Å². The second-order valence-electron chi connectivity index (χ2n) is 7.11. The van der Waals surface area contributed by atoms with E-state index in [1.165, 1.54) is 11.9 Å². The lowest BCUT2D eigenvalue weighted by atomic mass is 9.76. The van der Waals surface area contributed by atoms with E-state index >= 15 is 0 Å². The Hall–Kier alpha value is -3.57. The van der Waals surface area contributed by atoms with Gasteiger partial charge < -0.3 is 36.5 Å². The van der Waals surface area contributed by atoms with Gasteiger partial charge in [-0.05, 0) is 37.1 Å². The van der Waals surface area contributed by atoms with Crippen LogP contribution >= 0.6 is 0 Å². The molecule has 0 aliphatic heterocycles. The first-order valence-corrected chi connectivity index (χ1v) is 10.1. The number of likely N-dealkylation sites (N-methyl/N-ethyl adjacent to an activating group) is 1. The van der Waals surface area contributed by atoms with E-state index in [-0.39, 0.29) is 25.5 Å². The van der Waals surface area contributed by atoms with Crippen LogP contribution in [0.1, 0.15) is 23.2 Å². The summed E-state index contributed by atoms with van der Waals surface area (Å²) in [6.07, 6.45) is 0.672. The summed E-state index contributed by atoms with van der Waals surface area (Å²) < 4.78 is 5.81. The molecule has 0 spiro atoms. The molecule has 0 saturated heterocycles. The lowest BCUT2D eigenvalue weighted by Crippen LogP contribution is -2.49. The van der Waals surface area contributed by atoms with E-state index in [1.807, 2.05) is 18.2 Å². The minimum Gasteiger partial charge on any atom is -0.457 e. The van der Waals surface area contributed by atoms with Gasteiger partial charge in [-0.15, -0.1) is 0 Å². The summed E-state index contributed by atoms with van der Waals surface area (Å²) in [4.78, 5) is 30.3. The summed E-state index contributed by atoms with van der Waals surface area (Å²) in [6.45, 7) is 0.00758. The highest BCUT2D eigenvalue weighted by molar-refractivity contribution is 6.43. The third kappa shape index (κ3) is 7.93. The molecule has 0 heterocycles. The van der Waals surface area contributed by atoms with E-state index < -0.39 is 24.9 Å². The standard InChI is InChI=1S/C21H28BN5O5/c1-27(14-19(28)26-18(22(30)31)12-7-13-25-21(23)24)20(29)16-10-5-6-11-17(16)32-15-8-3-2-4-9-15/h2-6,8-11,18,30-31H,7,12-14H2,1H3,(H,26,28)(H4,23,24,25). The molecule has 10 nitrogen and oxygen atoms in total. The summed E-state index contributed by atoms with van der Waals surface area (Å²) in [5.41, 5.74) is 10.8. The van der Waals surface area contributed by atoms with Crippen molar-refractivity contribution in [2.24, 2.45) is 16.5 Å². The average Bonchev–Trinajstić information content (AvgIpc) is 2.76. The van der Waals surface area contributed by atoms with Gasteiger partial charge in [0.25, 0.3) is 5.91 Å². The molecule has 11 heteroatoms. The zero-order chi connectivity index (χ0) is 23.5. The first-order valence-electron chi connectivity index (χ1n) is 10.1. The number of hydrogen-bond acceptors (Lipinski definition) is 6. The molecular weight excluding hydrogens is 413 g/mol. The van der Waals surface area contributed by atoms with E-state index in [4.69, 9.17) is 16.2 Å². The molecule has 0 aliphatic rings. The van der Waals surface area contributed by atoms with Crippen molar-refractivity contribution < 1.29 is 24.4 Å². The molecule has 0 bridgehead atoms. The number of carbonyl (C=O) groups is 2. The number of ether oxygens (including phenoxy) is 1. The third-order valence-corrected chi connectivity index (χ3v) is 4.49. The first-order chi connectivity index (χ1) is 15.3. The molecule has 0 fully saturated rings. The zero-order valence-corrected chi connectivity index (χ0v) is 17.8. The minimum atomic E-state index is -1.76. The normalized spacial score (nSPS) is 11.2. The second kappa shape index (κ2) is 12.3. The molecule has 1 unspecified atom stereocenters. The quantitative estimate of drug-likeness (QED) is 0.143. The molecule has 2 rings (SSSR count). The number of nitrogens with one attached hydrogen (secondary N) is 1. The maximum Gasteiger partial charge on any atom is 0.475 e. The Labute approximate surface area is 187 Å². The van der Waals surface area contributed by atoms with Crippen molar-refractivity contribution in [3.05, 3.63) is 60.2 Å². The van der Waals surface area contributed by atoms with Gasteiger partial charge in [0.1, 0.15) is 11.5 Å². The molecule has 0 aliphatic carbocycles. The van der Waals surface area contributed by atoms with Crippen molar-refractivity contribution in [1.82, 2.24) is 10.2 Å². The van der Waals surface area contributed by atoms with Gasteiger partial charge in [-0.1, -0.05) is 30.3 Å². The number of amides is 2. The topological polar surface area (TPSA) is 163 Å². The predicted molar refractivity (Wildman–Crippen MR) is 122 cm³/mol. The van der Waals surface area contributed by atoms with Crippen molar-refractivity contribution in [2.45, 2.75) is 18.8 Å². The van der Waals surface area contributed by atoms with Gasteiger partial charge in [-0.2, -0.15) is 0 Å². The van der Waals surface area contributed by atoms with Gasteiger partial charge in [0.05, 0.1) is 18.0 Å². The fourth-order valence-corrected chi connectivity index (χ4v) is 2.91. The highest BCUT2D eigenvalue weighted by Gasteiger charge is 2.26. The lowest BCUT2D eigenvalue weighted by molar-refractivity contribution is -0.122. The minimum absolute atomic E-state index is 0.0632. The van der Waals surface area contributed by atoms with Gasteiger partial charge in [-0.3, -0.25) is 14.6 Å². The van der Waals surface area contributed by atoms with Gasteiger partial charge >= 0.3 is 7.12 Å². The summed E-state index contributed by atoms with van der Waals surface area (Å²) in [5, 5.41) is 21.6. The highest BCUT2D eigenvalue weighted by Crippen LogP contribution is 2.25. The Morgan fingerprint density at radius 3 is 2.44 bits per heavy atom. The monoisotopic (exact) mass is 441 g/mol. The second-order valence-corrected chi connectivity index (χ2v) is 7.11. The molecule has 2 aromatic carbocycles. The summed E-state index contributed by atoms with van der Waals surface area (Å²) in [6, 6.07) is 15.8. The van der Waals surface area contributed by atoms with E-state index in [0.29, 0.717) is 23.5 Å². The number of carbonyl (C=O) groups excluding carboxylic acids is 2. The number of aliphatic imine (C=N–C) groups is 1. The van der Waals surface area contributed by atoms with Crippen LogP contribution in [0.5, 0.6) is 11.5 Å². The van der Waals surface area contributed by atoms with E-state index in [9.17, 15) is 19.6 Å². The summed E-state index contributed by atoms with van der Waals surface area (Å²) in [7, 11) is -0.288. The van der Waals surface area contributed by atoms with Gasteiger partial charge in [-0.25, -0.2) is 0 Å². The van der Waals surface area contributed by atoms with Crippen LogP contribution in [-0.4, -0.2) is 65.9 Å². The zero-order valence-electron chi connectivity index (χ0n) is 17.8. The molecule has 7 N–H and O–H groups in total. The molecule has 1 atom stereocenters. The number of hydrogen-bond donors (Lipinski definition) is 5. The Morgan fingerprint density at radius 2 is 1.78 bits per heavy atom. The molecule has 0 saturated carbocycles. The van der Waals surface area contributed by atoms with Crippen molar-refractivity contribution >= 4 is 24.9 Å². The maximum absolute atomic E-state index is 12.9. The van der Waals surface area contributed by atoms with Crippen LogP contribution in [-0.2, 0) is 4.79 Å². The molecular formula is C21H28BN5O5. The number of para-hydroxylation sites is 2. The van der Waals surface area contributed by atoms with Gasteiger partial charge in [0, 0.05) is 13.6 Å². The third-order valence-electron chi connectivity index (χ3n) is 4.49. The molecule has 32 heavy (non-hydrogen) atoms. The van der Waals surface area contributed by atoms with Crippen LogP contribution < -0.4 is 21.5 Å². The molecule has 2 amide bonds. The van der Waals surface area contributed by atoms with Crippen LogP contribution in [0.3, 0.4) is 0 Å². The van der Waals surface area contributed by atoms with Crippen molar-refractivity contribution in [1.29, 1.82) is 0 Å². The Morgan fingerprint density at radius 1 is 1.12 bits per heavy atom.